The van der Waals surface area contributed by atoms with E-state index >= 15 is 0 Å². The highest BCUT2D eigenvalue weighted by Gasteiger charge is 2.20. The van der Waals surface area contributed by atoms with Gasteiger partial charge in [-0.2, -0.15) is 0 Å². The Labute approximate surface area is 243 Å². The summed E-state index contributed by atoms with van der Waals surface area (Å²) in [5.74, 6) is 1.75. The molecule has 2 aromatic heterocycles. The van der Waals surface area contributed by atoms with Crippen molar-refractivity contribution in [2.75, 3.05) is 50.1 Å². The monoisotopic (exact) mass is 579 g/mol. The number of hydrogen-bond acceptors (Lipinski definition) is 8. The van der Waals surface area contributed by atoms with Crippen molar-refractivity contribution < 1.29 is 18.8 Å². The molecule has 0 spiro atoms. The summed E-state index contributed by atoms with van der Waals surface area (Å²) in [5, 5.41) is 18.4. The molecular formula is C29H34ClN7O4. The molecule has 2 N–H and O–H groups in total. The number of carbonyl (C=O) groups is 1. The number of amides is 2. The first-order chi connectivity index (χ1) is 19.7. The second kappa shape index (κ2) is 12.7. The van der Waals surface area contributed by atoms with Gasteiger partial charge in [-0.3, -0.25) is 10.2 Å². The summed E-state index contributed by atoms with van der Waals surface area (Å²) < 4.78 is 18.2. The molecule has 5 rings (SSSR count). The first-order valence-corrected chi connectivity index (χ1v) is 13.9. The van der Waals surface area contributed by atoms with Gasteiger partial charge in [0.2, 0.25) is 0 Å². The minimum atomic E-state index is -0.420. The largest absolute Gasteiger partial charge is 0.493 e. The SMILES string of the molecule is CC(C)(C)c1cc(NC(=O)Nc2ccc(-c3cn(-c4ccc(OCCCN5CCOCC5)cc4Cl)nn3)cc2)no1. The average molecular weight is 580 g/mol. The number of ether oxygens (including phenoxy) is 2. The van der Waals surface area contributed by atoms with E-state index in [0.717, 1.165) is 44.8 Å². The van der Waals surface area contributed by atoms with Crippen LogP contribution < -0.4 is 15.4 Å². The molecule has 1 fully saturated rings. The zero-order valence-corrected chi connectivity index (χ0v) is 24.1. The predicted molar refractivity (Wildman–Crippen MR) is 157 cm³/mol. The number of nitrogens with one attached hydrogen (secondary N) is 2. The summed E-state index contributed by atoms with van der Waals surface area (Å²) in [6.45, 7) is 11.2. The van der Waals surface area contributed by atoms with E-state index in [4.69, 9.17) is 25.6 Å². The third-order valence-electron chi connectivity index (χ3n) is 6.58. The van der Waals surface area contributed by atoms with Gasteiger partial charge in [0, 0.05) is 48.4 Å². The number of morpholine rings is 1. The zero-order chi connectivity index (χ0) is 28.8. The molecule has 12 heteroatoms. The normalized spacial score (nSPS) is 14.1. The van der Waals surface area contributed by atoms with Crippen LogP contribution in [0.25, 0.3) is 16.9 Å². The van der Waals surface area contributed by atoms with Gasteiger partial charge >= 0.3 is 6.03 Å². The van der Waals surface area contributed by atoms with Crippen molar-refractivity contribution in [1.82, 2.24) is 25.1 Å². The number of carbonyl (C=O) groups excluding carboxylic acids is 1. The fourth-order valence-electron chi connectivity index (χ4n) is 4.27. The van der Waals surface area contributed by atoms with Crippen molar-refractivity contribution in [2.45, 2.75) is 32.6 Å². The Balaban J connectivity index is 1.14. The molecule has 1 aliphatic heterocycles. The fourth-order valence-corrected chi connectivity index (χ4v) is 4.53. The van der Waals surface area contributed by atoms with Crippen LogP contribution in [0.15, 0.2) is 59.3 Å². The topological polar surface area (TPSA) is 120 Å². The number of hydrogen-bond donors (Lipinski definition) is 2. The second-order valence-electron chi connectivity index (χ2n) is 10.8. The van der Waals surface area contributed by atoms with Crippen LogP contribution in [-0.2, 0) is 10.2 Å². The van der Waals surface area contributed by atoms with Crippen molar-refractivity contribution in [3.8, 4) is 22.7 Å². The molecule has 1 aliphatic rings. The van der Waals surface area contributed by atoms with E-state index in [2.05, 4.69) is 31.0 Å². The quantitative estimate of drug-likeness (QED) is 0.245. The van der Waals surface area contributed by atoms with Gasteiger partial charge < -0.3 is 19.3 Å². The highest BCUT2D eigenvalue weighted by atomic mass is 35.5. The number of rotatable bonds is 9. The van der Waals surface area contributed by atoms with Crippen LogP contribution in [0.1, 0.15) is 33.0 Å². The van der Waals surface area contributed by atoms with E-state index in [1.54, 1.807) is 35.1 Å². The van der Waals surface area contributed by atoms with Crippen LogP contribution in [0.3, 0.4) is 0 Å². The van der Waals surface area contributed by atoms with E-state index in [1.165, 1.54) is 0 Å². The third-order valence-corrected chi connectivity index (χ3v) is 6.88. The number of halogens is 1. The minimum Gasteiger partial charge on any atom is -0.493 e. The molecule has 4 aromatic rings. The first-order valence-electron chi connectivity index (χ1n) is 13.6. The molecule has 0 aliphatic carbocycles. The van der Waals surface area contributed by atoms with E-state index in [9.17, 15) is 4.79 Å². The summed E-state index contributed by atoms with van der Waals surface area (Å²) in [6.07, 6.45) is 2.74. The summed E-state index contributed by atoms with van der Waals surface area (Å²) in [4.78, 5) is 14.8. The van der Waals surface area contributed by atoms with Gasteiger partial charge in [0.05, 0.1) is 36.7 Å². The Kier molecular flexibility index (Phi) is 8.87. The molecule has 41 heavy (non-hydrogen) atoms. The van der Waals surface area contributed by atoms with Gasteiger partial charge in [0.15, 0.2) is 5.82 Å². The lowest BCUT2D eigenvalue weighted by atomic mass is 9.93. The van der Waals surface area contributed by atoms with E-state index < -0.39 is 6.03 Å². The average Bonchev–Trinajstić information content (AvgIpc) is 3.63. The van der Waals surface area contributed by atoms with Crippen molar-refractivity contribution in [3.05, 3.63) is 65.5 Å². The molecule has 3 heterocycles. The van der Waals surface area contributed by atoms with Crippen molar-refractivity contribution >= 4 is 29.1 Å². The fraction of sp³-hybridized carbons (Fsp3) is 0.379. The van der Waals surface area contributed by atoms with Gasteiger partial charge in [-0.25, -0.2) is 9.48 Å². The summed E-state index contributed by atoms with van der Waals surface area (Å²) in [5.41, 5.74) is 2.61. The smallest absolute Gasteiger partial charge is 0.324 e. The number of anilines is 2. The Morgan fingerprint density at radius 1 is 1.07 bits per heavy atom. The van der Waals surface area contributed by atoms with Gasteiger partial charge in [-0.1, -0.05) is 54.9 Å². The van der Waals surface area contributed by atoms with E-state index in [1.807, 2.05) is 45.0 Å². The number of urea groups is 1. The highest BCUT2D eigenvalue weighted by Crippen LogP contribution is 2.28. The van der Waals surface area contributed by atoms with Crippen LogP contribution in [0, 0.1) is 0 Å². The van der Waals surface area contributed by atoms with Crippen LogP contribution in [0.5, 0.6) is 5.75 Å². The Morgan fingerprint density at radius 2 is 1.85 bits per heavy atom. The molecule has 0 bridgehead atoms. The maximum Gasteiger partial charge on any atom is 0.324 e. The van der Waals surface area contributed by atoms with E-state index in [0.29, 0.717) is 46.0 Å². The van der Waals surface area contributed by atoms with Gasteiger partial charge in [0.1, 0.15) is 17.2 Å². The lowest BCUT2D eigenvalue weighted by Gasteiger charge is -2.26. The Hall–Kier alpha value is -3.93. The van der Waals surface area contributed by atoms with Crippen LogP contribution in [0.2, 0.25) is 5.02 Å². The molecule has 216 valence electrons. The lowest BCUT2D eigenvalue weighted by Crippen LogP contribution is -2.37. The molecule has 2 aromatic carbocycles. The van der Waals surface area contributed by atoms with Crippen LogP contribution in [0.4, 0.5) is 16.3 Å². The molecule has 1 saturated heterocycles. The molecule has 0 radical (unpaired) electrons. The maximum absolute atomic E-state index is 12.4. The molecule has 0 saturated carbocycles. The molecule has 0 atom stereocenters. The van der Waals surface area contributed by atoms with Gasteiger partial charge in [-0.05, 0) is 30.7 Å². The Morgan fingerprint density at radius 3 is 2.56 bits per heavy atom. The maximum atomic E-state index is 12.4. The number of aromatic nitrogens is 4. The predicted octanol–water partition coefficient (Wildman–Crippen LogP) is 5.62. The third kappa shape index (κ3) is 7.63. The minimum absolute atomic E-state index is 0.201. The summed E-state index contributed by atoms with van der Waals surface area (Å²) in [6, 6.07) is 14.1. The summed E-state index contributed by atoms with van der Waals surface area (Å²) >= 11 is 6.56. The number of nitrogens with zero attached hydrogens (tertiary/aromatic N) is 5. The summed E-state index contributed by atoms with van der Waals surface area (Å²) in [7, 11) is 0. The molecular weight excluding hydrogens is 546 g/mol. The Bertz CT molecular complexity index is 1460. The van der Waals surface area contributed by atoms with Crippen molar-refractivity contribution in [1.29, 1.82) is 0 Å². The standard InChI is InChI=1S/C29H34ClN7O4/c1-29(2,3)26-18-27(34-41-26)32-28(38)31-21-7-5-20(6-8-21)24-19-37(35-33-24)25-10-9-22(17-23(25)30)40-14-4-11-36-12-15-39-16-13-36/h5-10,17-19H,4,11-16H2,1-3H3,(H2,31,32,34,38). The lowest BCUT2D eigenvalue weighted by molar-refractivity contribution is 0.0358. The van der Waals surface area contributed by atoms with E-state index in [-0.39, 0.29) is 5.41 Å². The van der Waals surface area contributed by atoms with Crippen molar-refractivity contribution in [3.63, 3.8) is 0 Å². The van der Waals surface area contributed by atoms with Gasteiger partial charge in [-0.15, -0.1) is 5.10 Å². The molecule has 0 unspecified atom stereocenters. The zero-order valence-electron chi connectivity index (χ0n) is 23.4. The van der Waals surface area contributed by atoms with Crippen LogP contribution >= 0.6 is 11.6 Å². The second-order valence-corrected chi connectivity index (χ2v) is 11.2. The van der Waals surface area contributed by atoms with Gasteiger partial charge in [0.25, 0.3) is 0 Å². The molecule has 11 nitrogen and oxygen atoms in total. The first kappa shape index (κ1) is 28.6. The number of benzene rings is 2. The molecule has 2 amide bonds. The van der Waals surface area contributed by atoms with Crippen molar-refractivity contribution in [2.24, 2.45) is 0 Å². The highest BCUT2D eigenvalue weighted by molar-refractivity contribution is 6.32. The van der Waals surface area contributed by atoms with Crippen LogP contribution in [-0.4, -0.2) is 70.5 Å².